The van der Waals surface area contributed by atoms with E-state index >= 15 is 0 Å². The number of hydrogen-bond donors (Lipinski definition) is 1. The molecule has 0 aliphatic rings. The zero-order chi connectivity index (χ0) is 13.1. The average molecular weight is 288 g/mol. The number of rotatable bonds is 5. The Morgan fingerprint density at radius 1 is 1.47 bits per heavy atom. The van der Waals surface area contributed by atoms with Crippen molar-refractivity contribution in [3.8, 4) is 0 Å². The molecule has 0 atom stereocenters. The Morgan fingerprint density at radius 2 is 2.12 bits per heavy atom. The van der Waals surface area contributed by atoms with Crippen LogP contribution in [0.4, 0.5) is 13.2 Å². The molecule has 0 aliphatic carbocycles. The summed E-state index contributed by atoms with van der Waals surface area (Å²) in [5.41, 5.74) is -2.67. The number of alkyl halides is 3. The summed E-state index contributed by atoms with van der Waals surface area (Å²) < 4.78 is 37.1. The van der Waals surface area contributed by atoms with Gasteiger partial charge in [-0.2, -0.15) is 18.3 Å². The third kappa shape index (κ3) is 4.77. The van der Waals surface area contributed by atoms with Crippen molar-refractivity contribution in [3.63, 3.8) is 0 Å². The largest absolute Gasteiger partial charge is 0.441 e. The third-order valence-electron chi connectivity index (χ3n) is 2.10. The fraction of sp³-hybridized carbons (Fsp3) is 0.667. The van der Waals surface area contributed by atoms with E-state index in [0.717, 1.165) is 11.4 Å². The summed E-state index contributed by atoms with van der Waals surface area (Å²) in [5.74, 6) is -0.0159. The highest BCUT2D eigenvalue weighted by molar-refractivity contribution is 8.00. The van der Waals surface area contributed by atoms with Crippen molar-refractivity contribution >= 4 is 23.4 Å². The Bertz CT molecular complexity index is 378. The zero-order valence-electron chi connectivity index (χ0n) is 9.44. The van der Waals surface area contributed by atoms with E-state index in [1.54, 1.807) is 18.7 Å². The van der Waals surface area contributed by atoms with Gasteiger partial charge in [0, 0.05) is 25.9 Å². The first-order valence-corrected chi connectivity index (χ1v) is 6.27. The zero-order valence-corrected chi connectivity index (χ0v) is 11.0. The molecule has 1 aromatic rings. The van der Waals surface area contributed by atoms with Crippen molar-refractivity contribution in [2.75, 3.05) is 12.3 Å². The predicted molar refractivity (Wildman–Crippen MR) is 63.2 cm³/mol. The molecule has 0 fully saturated rings. The third-order valence-corrected chi connectivity index (χ3v) is 3.33. The summed E-state index contributed by atoms with van der Waals surface area (Å²) >= 11 is 5.96. The molecule has 0 radical (unpaired) electrons. The lowest BCUT2D eigenvalue weighted by atomic mass is 10.3. The predicted octanol–water partition coefficient (Wildman–Crippen LogP) is 2.72. The molecule has 0 aromatic carbocycles. The van der Waals surface area contributed by atoms with E-state index in [1.807, 2.05) is 0 Å². The summed E-state index contributed by atoms with van der Waals surface area (Å²) in [5, 5.41) is 7.57. The molecule has 1 heterocycles. The van der Waals surface area contributed by atoms with Crippen LogP contribution in [0.15, 0.2) is 0 Å². The van der Waals surface area contributed by atoms with Crippen molar-refractivity contribution in [1.82, 2.24) is 15.1 Å². The highest BCUT2D eigenvalue weighted by Gasteiger charge is 2.27. The molecule has 0 unspecified atom stereocenters. The Kier molecular flexibility index (Phi) is 5.15. The SMILES string of the molecule is Cc1nn(C)c(CNCCSC(F)(F)F)c1Cl. The van der Waals surface area contributed by atoms with E-state index in [-0.39, 0.29) is 24.1 Å². The van der Waals surface area contributed by atoms with Crippen molar-refractivity contribution in [3.05, 3.63) is 16.4 Å². The van der Waals surface area contributed by atoms with Gasteiger partial charge < -0.3 is 5.32 Å². The summed E-state index contributed by atoms with van der Waals surface area (Å²) in [6.07, 6.45) is 0. The summed E-state index contributed by atoms with van der Waals surface area (Å²) in [6, 6.07) is 0. The minimum atomic E-state index is -4.16. The normalized spacial score (nSPS) is 12.1. The van der Waals surface area contributed by atoms with Crippen molar-refractivity contribution in [2.24, 2.45) is 7.05 Å². The number of thioether (sulfide) groups is 1. The van der Waals surface area contributed by atoms with E-state index in [1.165, 1.54) is 0 Å². The molecular formula is C9H13ClF3N3S. The Balaban J connectivity index is 2.32. The quantitative estimate of drug-likeness (QED) is 0.845. The first-order chi connectivity index (χ1) is 7.81. The van der Waals surface area contributed by atoms with E-state index < -0.39 is 5.51 Å². The van der Waals surface area contributed by atoms with Gasteiger partial charge in [0.05, 0.1) is 16.4 Å². The number of nitrogens with one attached hydrogen (secondary N) is 1. The van der Waals surface area contributed by atoms with E-state index in [2.05, 4.69) is 10.4 Å². The topological polar surface area (TPSA) is 29.9 Å². The van der Waals surface area contributed by atoms with Gasteiger partial charge in [0.2, 0.25) is 0 Å². The molecule has 98 valence electrons. The molecule has 1 rings (SSSR count). The highest BCUT2D eigenvalue weighted by Crippen LogP contribution is 2.29. The minimum Gasteiger partial charge on any atom is -0.310 e. The maximum Gasteiger partial charge on any atom is 0.441 e. The number of hydrogen-bond acceptors (Lipinski definition) is 3. The molecule has 3 nitrogen and oxygen atoms in total. The van der Waals surface area contributed by atoms with Gasteiger partial charge in [-0.1, -0.05) is 11.6 Å². The van der Waals surface area contributed by atoms with Crippen LogP contribution < -0.4 is 5.32 Å². The Labute approximate surface area is 107 Å². The second kappa shape index (κ2) is 5.97. The maximum absolute atomic E-state index is 11.8. The number of aryl methyl sites for hydroxylation is 2. The van der Waals surface area contributed by atoms with Crippen LogP contribution in [0.2, 0.25) is 5.02 Å². The maximum atomic E-state index is 11.8. The van der Waals surface area contributed by atoms with Gasteiger partial charge in [-0.25, -0.2) is 0 Å². The van der Waals surface area contributed by atoms with Gasteiger partial charge in [-0.15, -0.1) is 0 Å². The van der Waals surface area contributed by atoms with Crippen LogP contribution in [0.1, 0.15) is 11.4 Å². The molecule has 1 N–H and O–H groups in total. The van der Waals surface area contributed by atoms with Crippen LogP contribution in [-0.4, -0.2) is 27.6 Å². The van der Waals surface area contributed by atoms with Crippen LogP contribution in [0.3, 0.4) is 0 Å². The molecule has 0 spiro atoms. The first-order valence-electron chi connectivity index (χ1n) is 4.90. The van der Waals surface area contributed by atoms with E-state index in [9.17, 15) is 13.2 Å². The Morgan fingerprint density at radius 3 is 2.59 bits per heavy atom. The fourth-order valence-electron chi connectivity index (χ4n) is 1.32. The van der Waals surface area contributed by atoms with Gasteiger partial charge >= 0.3 is 5.51 Å². The summed E-state index contributed by atoms with van der Waals surface area (Å²) in [4.78, 5) is 0. The van der Waals surface area contributed by atoms with E-state index in [4.69, 9.17) is 11.6 Å². The Hall–Kier alpha value is -0.400. The first kappa shape index (κ1) is 14.7. The fourth-order valence-corrected chi connectivity index (χ4v) is 2.02. The van der Waals surface area contributed by atoms with Crippen LogP contribution in [-0.2, 0) is 13.6 Å². The molecule has 17 heavy (non-hydrogen) atoms. The average Bonchev–Trinajstić information content (AvgIpc) is 2.42. The van der Waals surface area contributed by atoms with Crippen molar-refractivity contribution in [1.29, 1.82) is 0 Å². The molecular weight excluding hydrogens is 275 g/mol. The number of nitrogens with zero attached hydrogens (tertiary/aromatic N) is 2. The molecule has 0 amide bonds. The summed E-state index contributed by atoms with van der Waals surface area (Å²) in [7, 11) is 1.75. The lowest BCUT2D eigenvalue weighted by Gasteiger charge is -2.07. The molecule has 8 heteroatoms. The van der Waals surface area contributed by atoms with Crippen LogP contribution >= 0.6 is 23.4 Å². The molecule has 0 aliphatic heterocycles. The van der Waals surface area contributed by atoms with Gasteiger partial charge in [-0.3, -0.25) is 4.68 Å². The second-order valence-electron chi connectivity index (χ2n) is 3.44. The lowest BCUT2D eigenvalue weighted by molar-refractivity contribution is -0.0327. The lowest BCUT2D eigenvalue weighted by Crippen LogP contribution is -2.20. The molecule has 0 saturated heterocycles. The summed E-state index contributed by atoms with van der Waals surface area (Å²) in [6.45, 7) is 2.46. The van der Waals surface area contributed by atoms with E-state index in [0.29, 0.717) is 11.6 Å². The van der Waals surface area contributed by atoms with Crippen molar-refractivity contribution in [2.45, 2.75) is 19.0 Å². The molecule has 1 aromatic heterocycles. The van der Waals surface area contributed by atoms with Gasteiger partial charge in [0.1, 0.15) is 0 Å². The van der Waals surface area contributed by atoms with Gasteiger partial charge in [0.25, 0.3) is 0 Å². The van der Waals surface area contributed by atoms with Gasteiger partial charge in [-0.05, 0) is 18.7 Å². The highest BCUT2D eigenvalue weighted by atomic mass is 35.5. The smallest absolute Gasteiger partial charge is 0.310 e. The van der Waals surface area contributed by atoms with Gasteiger partial charge in [0.15, 0.2) is 0 Å². The van der Waals surface area contributed by atoms with Crippen LogP contribution in [0.25, 0.3) is 0 Å². The van der Waals surface area contributed by atoms with Crippen LogP contribution in [0, 0.1) is 6.92 Å². The minimum absolute atomic E-state index is 0.0159. The van der Waals surface area contributed by atoms with Crippen LogP contribution in [0.5, 0.6) is 0 Å². The molecule has 0 saturated carbocycles. The number of aromatic nitrogens is 2. The monoisotopic (exact) mass is 287 g/mol. The van der Waals surface area contributed by atoms with Crippen molar-refractivity contribution < 1.29 is 13.2 Å². The number of halogens is 4. The standard InChI is InChI=1S/C9H13ClF3N3S/c1-6-8(10)7(16(2)15-6)5-14-3-4-17-9(11,12)13/h14H,3-5H2,1-2H3. The molecule has 0 bridgehead atoms. The second-order valence-corrected chi connectivity index (χ2v) is 4.98.